The Labute approximate surface area is 195 Å². The lowest BCUT2D eigenvalue weighted by Crippen LogP contribution is -2.26. The Morgan fingerprint density at radius 3 is 2.91 bits per heavy atom. The zero-order chi connectivity index (χ0) is 22.8. The van der Waals surface area contributed by atoms with Crippen molar-refractivity contribution in [2.75, 3.05) is 7.05 Å². The van der Waals surface area contributed by atoms with Crippen LogP contribution in [0.2, 0.25) is 0 Å². The van der Waals surface area contributed by atoms with E-state index in [0.29, 0.717) is 43.4 Å². The third-order valence-corrected chi connectivity index (χ3v) is 6.78. The van der Waals surface area contributed by atoms with Crippen LogP contribution in [0.5, 0.6) is 0 Å². The minimum atomic E-state index is 0.0751. The molecule has 1 fully saturated rings. The van der Waals surface area contributed by atoms with Gasteiger partial charge in [-0.1, -0.05) is 0 Å². The zero-order valence-electron chi connectivity index (χ0n) is 18.8. The van der Waals surface area contributed by atoms with Gasteiger partial charge in [-0.05, 0) is 25.3 Å². The molecular formula is C24H23N9O. The molecule has 170 valence electrons. The van der Waals surface area contributed by atoms with Crippen molar-refractivity contribution in [3.63, 3.8) is 0 Å². The zero-order valence-corrected chi connectivity index (χ0v) is 18.8. The molecule has 0 aromatic carbocycles. The quantitative estimate of drug-likeness (QED) is 0.438. The maximum atomic E-state index is 12.9. The molecule has 0 unspecified atom stereocenters. The molecule has 2 aliphatic heterocycles. The van der Waals surface area contributed by atoms with E-state index in [1.165, 1.54) is 0 Å². The van der Waals surface area contributed by atoms with Crippen molar-refractivity contribution in [1.82, 2.24) is 39.0 Å². The standard InChI is InChI=1S/C24H23N9O/c1-31-13-18-23(33-9-3-7-25-24(33)29-18)17-11-26-16-10-27-21(22(16)28-17)15-12-32(8-2-4-19(31)34)30-20(15)14-5-6-14/h3,7,9,11-12,14H,2,4-6,8,10,13H2,1H3. The summed E-state index contributed by atoms with van der Waals surface area (Å²) in [5.41, 5.74) is 6.94. The van der Waals surface area contributed by atoms with Crippen LogP contribution >= 0.6 is 0 Å². The molecule has 1 amide bonds. The van der Waals surface area contributed by atoms with Crippen molar-refractivity contribution >= 4 is 17.4 Å². The molecule has 0 N–H and O–H groups in total. The van der Waals surface area contributed by atoms with Gasteiger partial charge in [0.25, 0.3) is 0 Å². The lowest BCUT2D eigenvalue weighted by molar-refractivity contribution is -0.130. The topological polar surface area (TPSA) is 106 Å². The highest BCUT2D eigenvalue weighted by Gasteiger charge is 2.34. The van der Waals surface area contributed by atoms with E-state index in [2.05, 4.69) is 11.2 Å². The number of rotatable bonds is 1. The Morgan fingerprint density at radius 1 is 1.12 bits per heavy atom. The molecule has 1 saturated carbocycles. The molecular weight excluding hydrogens is 430 g/mol. The largest absolute Gasteiger partial charge is 0.340 e. The molecule has 0 atom stereocenters. The summed E-state index contributed by atoms with van der Waals surface area (Å²) in [7, 11) is 1.82. The Morgan fingerprint density at radius 2 is 2.03 bits per heavy atom. The van der Waals surface area contributed by atoms with E-state index in [1.54, 1.807) is 17.3 Å². The van der Waals surface area contributed by atoms with Crippen molar-refractivity contribution in [3.8, 4) is 11.4 Å². The Balaban J connectivity index is 1.44. The SMILES string of the molecule is CN1Cc2nc3ncccn3c2-c2cnc3c(n2)C(=NC3)c2cn(nc2C2CC2)CCCC1=O. The number of aryl methyl sites for hydroxylation is 1. The molecule has 6 heterocycles. The van der Waals surface area contributed by atoms with Crippen LogP contribution in [-0.2, 0) is 24.4 Å². The van der Waals surface area contributed by atoms with Gasteiger partial charge in [0.1, 0.15) is 11.4 Å². The smallest absolute Gasteiger partial charge is 0.234 e. The molecule has 1 aliphatic carbocycles. The number of imidazole rings is 1. The van der Waals surface area contributed by atoms with Crippen LogP contribution in [0, 0.1) is 0 Å². The number of carbonyl (C=O) groups excluding carboxylic acids is 1. The van der Waals surface area contributed by atoms with Crippen LogP contribution in [0.1, 0.15) is 59.9 Å². The Hall–Kier alpha value is -3.95. The van der Waals surface area contributed by atoms with E-state index in [-0.39, 0.29) is 5.91 Å². The first-order valence-corrected chi connectivity index (χ1v) is 11.7. The lowest BCUT2D eigenvalue weighted by atomic mass is 10.1. The van der Waals surface area contributed by atoms with E-state index < -0.39 is 0 Å². The maximum Gasteiger partial charge on any atom is 0.234 e. The van der Waals surface area contributed by atoms with Gasteiger partial charge in [-0.2, -0.15) is 5.10 Å². The third-order valence-electron chi connectivity index (χ3n) is 6.78. The van der Waals surface area contributed by atoms with Crippen LogP contribution in [0.25, 0.3) is 17.2 Å². The summed E-state index contributed by atoms with van der Waals surface area (Å²) in [6.07, 6.45) is 11.0. The molecule has 3 aliphatic rings. The minimum absolute atomic E-state index is 0.0751. The first kappa shape index (κ1) is 19.5. The first-order chi connectivity index (χ1) is 16.7. The summed E-state index contributed by atoms with van der Waals surface area (Å²) < 4.78 is 3.89. The second-order valence-electron chi connectivity index (χ2n) is 9.23. The molecule has 4 aromatic rings. The fraction of sp³-hybridized carbons (Fsp3) is 0.375. The number of aliphatic imine (C=N–C) groups is 1. The molecule has 4 aromatic heterocycles. The van der Waals surface area contributed by atoms with Gasteiger partial charge in [0.05, 0.1) is 47.8 Å². The molecule has 4 bridgehead atoms. The number of carbonyl (C=O) groups is 1. The van der Waals surface area contributed by atoms with Crippen molar-refractivity contribution in [2.45, 2.75) is 51.2 Å². The highest BCUT2D eigenvalue weighted by Crippen LogP contribution is 2.42. The molecule has 10 nitrogen and oxygen atoms in total. The lowest BCUT2D eigenvalue weighted by Gasteiger charge is -2.17. The summed E-state index contributed by atoms with van der Waals surface area (Å²) in [5.74, 6) is 1.12. The van der Waals surface area contributed by atoms with Crippen LogP contribution < -0.4 is 0 Å². The van der Waals surface area contributed by atoms with Crippen molar-refractivity contribution in [3.05, 3.63) is 59.2 Å². The summed E-state index contributed by atoms with van der Waals surface area (Å²) in [4.78, 5) is 38.4. The minimum Gasteiger partial charge on any atom is -0.340 e. The number of hydrogen-bond acceptors (Lipinski definition) is 7. The summed E-state index contributed by atoms with van der Waals surface area (Å²) in [5, 5.41) is 4.90. The van der Waals surface area contributed by atoms with Crippen molar-refractivity contribution in [2.24, 2.45) is 4.99 Å². The Kier molecular flexibility index (Phi) is 4.18. The van der Waals surface area contributed by atoms with Gasteiger partial charge < -0.3 is 4.90 Å². The summed E-state index contributed by atoms with van der Waals surface area (Å²) in [6.45, 7) is 1.58. The van der Waals surface area contributed by atoms with Gasteiger partial charge in [-0.3, -0.25) is 23.9 Å². The van der Waals surface area contributed by atoms with E-state index in [0.717, 1.165) is 59.0 Å². The molecule has 7 rings (SSSR count). The summed E-state index contributed by atoms with van der Waals surface area (Å²) in [6, 6.07) is 1.86. The van der Waals surface area contributed by atoms with Gasteiger partial charge in [0, 0.05) is 50.1 Å². The van der Waals surface area contributed by atoms with Gasteiger partial charge in [0.15, 0.2) is 0 Å². The predicted octanol–water partition coefficient (Wildman–Crippen LogP) is 2.36. The second-order valence-corrected chi connectivity index (χ2v) is 9.23. The number of hydrogen-bond donors (Lipinski definition) is 0. The number of nitrogens with zero attached hydrogens (tertiary/aromatic N) is 9. The number of aromatic nitrogens is 7. The van der Waals surface area contributed by atoms with Gasteiger partial charge in [-0.25, -0.2) is 15.0 Å². The van der Waals surface area contributed by atoms with E-state index >= 15 is 0 Å². The van der Waals surface area contributed by atoms with Crippen LogP contribution in [0.4, 0.5) is 0 Å². The van der Waals surface area contributed by atoms with Gasteiger partial charge in [-0.15, -0.1) is 0 Å². The second kappa shape index (κ2) is 7.28. The number of amides is 1. The van der Waals surface area contributed by atoms with Crippen molar-refractivity contribution < 1.29 is 4.79 Å². The molecule has 0 saturated heterocycles. The average Bonchev–Trinajstić information content (AvgIpc) is 3.31. The normalized spacial score (nSPS) is 18.0. The highest BCUT2D eigenvalue weighted by atomic mass is 16.2. The van der Waals surface area contributed by atoms with Crippen LogP contribution in [-0.4, -0.2) is 57.7 Å². The third kappa shape index (κ3) is 3.05. The molecule has 34 heavy (non-hydrogen) atoms. The van der Waals surface area contributed by atoms with Crippen LogP contribution in [0.3, 0.4) is 0 Å². The maximum absolute atomic E-state index is 12.9. The van der Waals surface area contributed by atoms with E-state index in [9.17, 15) is 4.79 Å². The van der Waals surface area contributed by atoms with Crippen molar-refractivity contribution in [1.29, 1.82) is 0 Å². The first-order valence-electron chi connectivity index (χ1n) is 11.7. The van der Waals surface area contributed by atoms with Gasteiger partial charge >= 0.3 is 0 Å². The average molecular weight is 454 g/mol. The van der Waals surface area contributed by atoms with E-state index in [1.807, 2.05) is 28.4 Å². The van der Waals surface area contributed by atoms with Gasteiger partial charge in [0.2, 0.25) is 11.7 Å². The fourth-order valence-electron chi connectivity index (χ4n) is 4.88. The molecule has 0 spiro atoms. The summed E-state index contributed by atoms with van der Waals surface area (Å²) >= 11 is 0. The predicted molar refractivity (Wildman–Crippen MR) is 123 cm³/mol. The fourth-order valence-corrected chi connectivity index (χ4v) is 4.88. The Bertz CT molecular complexity index is 1490. The number of fused-ring (bicyclic) bond motifs is 8. The van der Waals surface area contributed by atoms with E-state index in [4.69, 9.17) is 25.0 Å². The molecule has 0 radical (unpaired) electrons. The monoisotopic (exact) mass is 453 g/mol. The molecule has 10 heteroatoms. The van der Waals surface area contributed by atoms with Crippen LogP contribution in [0.15, 0.2) is 35.8 Å². The highest BCUT2D eigenvalue weighted by molar-refractivity contribution is 6.14.